The molecular formula is C16H23BrFN. The van der Waals surface area contributed by atoms with Crippen molar-refractivity contribution < 1.29 is 4.39 Å². The first-order valence-corrected chi connectivity index (χ1v) is 8.08. The molecule has 0 bridgehead atoms. The average molecular weight is 328 g/mol. The summed E-state index contributed by atoms with van der Waals surface area (Å²) in [6.07, 6.45) is 6.68. The molecule has 2 rings (SSSR count). The molecule has 1 saturated carbocycles. The predicted molar refractivity (Wildman–Crippen MR) is 81.7 cm³/mol. The fourth-order valence-corrected chi connectivity index (χ4v) is 3.44. The Hall–Kier alpha value is -0.410. The van der Waals surface area contributed by atoms with Crippen molar-refractivity contribution in [2.75, 3.05) is 0 Å². The van der Waals surface area contributed by atoms with Crippen LogP contribution in [-0.2, 0) is 0 Å². The van der Waals surface area contributed by atoms with E-state index in [9.17, 15) is 4.39 Å². The van der Waals surface area contributed by atoms with Crippen LogP contribution in [0.3, 0.4) is 0 Å². The molecule has 19 heavy (non-hydrogen) atoms. The molecule has 0 amide bonds. The van der Waals surface area contributed by atoms with E-state index < -0.39 is 0 Å². The van der Waals surface area contributed by atoms with Crippen LogP contribution in [0.15, 0.2) is 22.7 Å². The largest absolute Gasteiger partial charge is 0.307 e. The molecule has 0 aromatic heterocycles. The van der Waals surface area contributed by atoms with Crippen LogP contribution in [0, 0.1) is 11.7 Å². The summed E-state index contributed by atoms with van der Waals surface area (Å²) in [5, 5.41) is 3.57. The lowest BCUT2D eigenvalue weighted by Gasteiger charge is -2.31. The molecule has 1 nitrogen and oxygen atoms in total. The summed E-state index contributed by atoms with van der Waals surface area (Å²) in [6, 6.07) is 5.83. The Kier molecular flexibility index (Phi) is 5.40. The molecule has 0 spiro atoms. The Labute approximate surface area is 124 Å². The van der Waals surface area contributed by atoms with Gasteiger partial charge in [0, 0.05) is 22.1 Å². The van der Waals surface area contributed by atoms with E-state index in [1.54, 1.807) is 6.07 Å². The summed E-state index contributed by atoms with van der Waals surface area (Å²) < 4.78 is 14.7. The van der Waals surface area contributed by atoms with Crippen molar-refractivity contribution in [3.05, 3.63) is 34.1 Å². The number of halogens is 2. The molecule has 0 aliphatic heterocycles. The van der Waals surface area contributed by atoms with E-state index in [0.717, 1.165) is 16.0 Å². The second-order valence-electron chi connectivity index (χ2n) is 5.74. The molecule has 1 fully saturated rings. The van der Waals surface area contributed by atoms with Crippen molar-refractivity contribution >= 4 is 15.9 Å². The molecule has 2 atom stereocenters. The predicted octanol–water partition coefficient (Wildman–Crippen LogP) is 5.21. The maximum absolute atomic E-state index is 13.9. The minimum Gasteiger partial charge on any atom is -0.307 e. The minimum atomic E-state index is -0.134. The SMILES string of the molecule is CC(NC(C)C1CCCCC1)c1ccc(Br)cc1F. The van der Waals surface area contributed by atoms with Crippen molar-refractivity contribution in [3.63, 3.8) is 0 Å². The summed E-state index contributed by atoms with van der Waals surface area (Å²) in [6.45, 7) is 4.29. The highest BCUT2D eigenvalue weighted by Gasteiger charge is 2.22. The Morgan fingerprint density at radius 1 is 1.21 bits per heavy atom. The first kappa shape index (κ1) is 15.0. The van der Waals surface area contributed by atoms with Gasteiger partial charge >= 0.3 is 0 Å². The smallest absolute Gasteiger partial charge is 0.129 e. The molecule has 1 aliphatic carbocycles. The summed E-state index contributed by atoms with van der Waals surface area (Å²) in [7, 11) is 0. The highest BCUT2D eigenvalue weighted by Crippen LogP contribution is 2.28. The normalized spacial score (nSPS) is 20.2. The van der Waals surface area contributed by atoms with Crippen molar-refractivity contribution in [1.82, 2.24) is 5.32 Å². The summed E-state index contributed by atoms with van der Waals surface area (Å²) in [5.41, 5.74) is 0.755. The zero-order valence-corrected chi connectivity index (χ0v) is 13.3. The molecule has 2 unspecified atom stereocenters. The van der Waals surface area contributed by atoms with E-state index in [0.29, 0.717) is 6.04 Å². The van der Waals surface area contributed by atoms with Gasteiger partial charge in [-0.15, -0.1) is 0 Å². The molecule has 3 heteroatoms. The molecular weight excluding hydrogens is 305 g/mol. The van der Waals surface area contributed by atoms with Crippen LogP contribution in [0.5, 0.6) is 0 Å². The first-order valence-electron chi connectivity index (χ1n) is 7.29. The third kappa shape index (κ3) is 4.03. The molecule has 1 aliphatic rings. The minimum absolute atomic E-state index is 0.0602. The topological polar surface area (TPSA) is 12.0 Å². The Balaban J connectivity index is 1.97. The van der Waals surface area contributed by atoms with Gasteiger partial charge in [0.1, 0.15) is 5.82 Å². The van der Waals surface area contributed by atoms with Crippen LogP contribution in [0.4, 0.5) is 4.39 Å². The van der Waals surface area contributed by atoms with E-state index >= 15 is 0 Å². The molecule has 0 heterocycles. The maximum Gasteiger partial charge on any atom is 0.129 e. The number of benzene rings is 1. The second kappa shape index (κ2) is 6.85. The Morgan fingerprint density at radius 2 is 1.89 bits per heavy atom. The quantitative estimate of drug-likeness (QED) is 0.800. The Morgan fingerprint density at radius 3 is 2.53 bits per heavy atom. The van der Waals surface area contributed by atoms with Crippen molar-refractivity contribution in [2.45, 2.75) is 58.0 Å². The maximum atomic E-state index is 13.9. The summed E-state index contributed by atoms with van der Waals surface area (Å²) >= 11 is 3.30. The van der Waals surface area contributed by atoms with Gasteiger partial charge in [0.25, 0.3) is 0 Å². The van der Waals surface area contributed by atoms with Gasteiger partial charge in [-0.2, -0.15) is 0 Å². The zero-order valence-electron chi connectivity index (χ0n) is 11.8. The Bertz CT molecular complexity index is 415. The second-order valence-corrected chi connectivity index (χ2v) is 6.66. The van der Waals surface area contributed by atoms with E-state index in [4.69, 9.17) is 0 Å². The average Bonchev–Trinajstić information content (AvgIpc) is 2.39. The van der Waals surface area contributed by atoms with E-state index in [1.165, 1.54) is 32.1 Å². The molecule has 1 aromatic carbocycles. The van der Waals surface area contributed by atoms with Crippen LogP contribution in [-0.4, -0.2) is 6.04 Å². The fraction of sp³-hybridized carbons (Fsp3) is 0.625. The van der Waals surface area contributed by atoms with Gasteiger partial charge in [0.2, 0.25) is 0 Å². The van der Waals surface area contributed by atoms with Crippen molar-refractivity contribution in [1.29, 1.82) is 0 Å². The molecule has 0 saturated heterocycles. The lowest BCUT2D eigenvalue weighted by atomic mass is 9.84. The van der Waals surface area contributed by atoms with Crippen molar-refractivity contribution in [2.24, 2.45) is 5.92 Å². The van der Waals surface area contributed by atoms with Crippen LogP contribution in [0.1, 0.15) is 57.6 Å². The number of rotatable bonds is 4. The summed E-state index contributed by atoms with van der Waals surface area (Å²) in [4.78, 5) is 0. The standard InChI is InChI=1S/C16H23BrFN/c1-11(13-6-4-3-5-7-13)19-12(2)15-9-8-14(17)10-16(15)18/h8-13,19H,3-7H2,1-2H3. The number of hydrogen-bond donors (Lipinski definition) is 1. The first-order chi connectivity index (χ1) is 9.08. The van der Waals surface area contributed by atoms with Crippen LogP contribution < -0.4 is 5.32 Å². The van der Waals surface area contributed by atoms with E-state index in [-0.39, 0.29) is 11.9 Å². The molecule has 1 aromatic rings. The number of hydrogen-bond acceptors (Lipinski definition) is 1. The third-order valence-corrected chi connectivity index (χ3v) is 4.79. The molecule has 0 radical (unpaired) electrons. The zero-order chi connectivity index (χ0) is 13.8. The molecule has 106 valence electrons. The lowest BCUT2D eigenvalue weighted by Crippen LogP contribution is -2.36. The van der Waals surface area contributed by atoms with Gasteiger partial charge in [0.15, 0.2) is 0 Å². The number of nitrogens with one attached hydrogen (secondary N) is 1. The van der Waals surface area contributed by atoms with Gasteiger partial charge in [-0.1, -0.05) is 41.3 Å². The fourth-order valence-electron chi connectivity index (χ4n) is 3.11. The van der Waals surface area contributed by atoms with Gasteiger partial charge < -0.3 is 5.32 Å². The molecule has 1 N–H and O–H groups in total. The van der Waals surface area contributed by atoms with E-state index in [1.807, 2.05) is 19.1 Å². The van der Waals surface area contributed by atoms with Gasteiger partial charge in [-0.25, -0.2) is 4.39 Å². The summed E-state index contributed by atoms with van der Waals surface area (Å²) in [5.74, 6) is 0.611. The third-order valence-electron chi connectivity index (χ3n) is 4.30. The van der Waals surface area contributed by atoms with E-state index in [2.05, 4.69) is 28.2 Å². The van der Waals surface area contributed by atoms with Crippen LogP contribution >= 0.6 is 15.9 Å². The van der Waals surface area contributed by atoms with Gasteiger partial charge in [-0.05, 0) is 44.7 Å². The lowest BCUT2D eigenvalue weighted by molar-refractivity contribution is 0.267. The highest BCUT2D eigenvalue weighted by atomic mass is 79.9. The van der Waals surface area contributed by atoms with Crippen molar-refractivity contribution in [3.8, 4) is 0 Å². The van der Waals surface area contributed by atoms with Gasteiger partial charge in [0.05, 0.1) is 0 Å². The van der Waals surface area contributed by atoms with Crippen LogP contribution in [0.2, 0.25) is 0 Å². The van der Waals surface area contributed by atoms with Crippen LogP contribution in [0.25, 0.3) is 0 Å². The van der Waals surface area contributed by atoms with Gasteiger partial charge in [-0.3, -0.25) is 0 Å². The monoisotopic (exact) mass is 327 g/mol. The highest BCUT2D eigenvalue weighted by molar-refractivity contribution is 9.10.